The fourth-order valence-electron chi connectivity index (χ4n) is 4.17. The minimum atomic E-state index is -1.36. The fraction of sp³-hybridized carbons (Fsp3) is 0.400. The zero-order valence-corrected chi connectivity index (χ0v) is 18.7. The van der Waals surface area contributed by atoms with Gasteiger partial charge < -0.3 is 10.1 Å². The third-order valence-electron chi connectivity index (χ3n) is 5.80. The highest BCUT2D eigenvalue weighted by atomic mass is 16.6. The first-order valence-electron chi connectivity index (χ1n) is 10.6. The number of cyclic esters (lactones) is 1. The van der Waals surface area contributed by atoms with E-state index in [1.54, 1.807) is 55.5 Å². The number of carbonyl (C=O) groups is 3. The van der Waals surface area contributed by atoms with Crippen LogP contribution in [0.25, 0.3) is 0 Å². The molecule has 0 bridgehead atoms. The number of nitrogens with zero attached hydrogens (tertiary/aromatic N) is 1. The van der Waals surface area contributed by atoms with Crippen molar-refractivity contribution in [1.29, 1.82) is 0 Å². The van der Waals surface area contributed by atoms with Crippen LogP contribution in [0.3, 0.4) is 0 Å². The summed E-state index contributed by atoms with van der Waals surface area (Å²) in [6.45, 7) is 9.34. The number of amides is 2. The van der Waals surface area contributed by atoms with E-state index in [1.807, 2.05) is 39.8 Å². The van der Waals surface area contributed by atoms with Gasteiger partial charge in [0.25, 0.3) is 11.8 Å². The molecule has 31 heavy (non-hydrogen) atoms. The summed E-state index contributed by atoms with van der Waals surface area (Å²) in [5, 5.41) is 3.01. The lowest BCUT2D eigenvalue weighted by molar-refractivity contribution is -0.147. The highest BCUT2D eigenvalue weighted by Crippen LogP contribution is 2.38. The topological polar surface area (TPSA) is 75.7 Å². The molecule has 1 saturated heterocycles. The highest BCUT2D eigenvalue weighted by molar-refractivity contribution is 6.01. The van der Waals surface area contributed by atoms with E-state index in [2.05, 4.69) is 5.32 Å². The summed E-state index contributed by atoms with van der Waals surface area (Å²) < 4.78 is 5.73. The zero-order chi connectivity index (χ0) is 22.8. The van der Waals surface area contributed by atoms with E-state index >= 15 is 0 Å². The Morgan fingerprint density at radius 3 is 1.94 bits per heavy atom. The van der Waals surface area contributed by atoms with Crippen LogP contribution in [0.2, 0.25) is 0 Å². The van der Waals surface area contributed by atoms with Gasteiger partial charge in [0.1, 0.15) is 0 Å². The van der Waals surface area contributed by atoms with E-state index in [0.717, 1.165) is 0 Å². The number of ether oxygens (including phenoxy) is 1. The predicted molar refractivity (Wildman–Crippen MR) is 118 cm³/mol. The van der Waals surface area contributed by atoms with Crippen LogP contribution in [0.1, 0.15) is 55.3 Å². The molecule has 0 aliphatic carbocycles. The Bertz CT molecular complexity index is 943. The number of hydrogen-bond donors (Lipinski definition) is 1. The second-order valence-electron chi connectivity index (χ2n) is 8.79. The van der Waals surface area contributed by atoms with Crippen molar-refractivity contribution in [2.75, 3.05) is 0 Å². The van der Waals surface area contributed by atoms with Crippen LogP contribution in [0, 0.1) is 11.8 Å². The van der Waals surface area contributed by atoms with Crippen LogP contribution in [-0.2, 0) is 9.53 Å². The number of benzene rings is 2. The van der Waals surface area contributed by atoms with Crippen LogP contribution in [0.4, 0.5) is 0 Å². The van der Waals surface area contributed by atoms with Crippen LogP contribution in [0.15, 0.2) is 60.7 Å². The minimum absolute atomic E-state index is 0.115. The van der Waals surface area contributed by atoms with Crippen LogP contribution in [-0.4, -0.2) is 40.5 Å². The third-order valence-corrected chi connectivity index (χ3v) is 5.80. The maximum atomic E-state index is 13.6. The number of esters is 1. The van der Waals surface area contributed by atoms with Crippen molar-refractivity contribution in [3.8, 4) is 0 Å². The molecule has 1 aliphatic heterocycles. The molecule has 1 N–H and O–H groups in total. The molecule has 2 amide bonds. The van der Waals surface area contributed by atoms with Gasteiger partial charge in [0.15, 0.2) is 11.8 Å². The van der Waals surface area contributed by atoms with Gasteiger partial charge in [-0.05, 0) is 37.1 Å². The molecule has 0 spiro atoms. The standard InChI is InChI=1S/C25H30N2O4/c1-16(2)20(26-21(28)18-12-8-6-9-13-18)25(5)24(30)31-23(17(3)4)27(25)22(29)19-14-10-7-11-15-19/h6-17,20,23H,1-5H3,(H,26,28)/t20-,23+,25-/m1/s1. The van der Waals surface area contributed by atoms with E-state index in [0.29, 0.717) is 11.1 Å². The Balaban J connectivity index is 2.04. The van der Waals surface area contributed by atoms with E-state index in [9.17, 15) is 14.4 Å². The lowest BCUT2D eigenvalue weighted by atomic mass is 9.82. The monoisotopic (exact) mass is 422 g/mol. The Hall–Kier alpha value is -3.15. The molecular weight excluding hydrogens is 392 g/mol. The van der Waals surface area contributed by atoms with Crippen molar-refractivity contribution in [3.63, 3.8) is 0 Å². The van der Waals surface area contributed by atoms with Crippen molar-refractivity contribution in [1.82, 2.24) is 10.2 Å². The van der Waals surface area contributed by atoms with Gasteiger partial charge in [-0.3, -0.25) is 14.5 Å². The van der Waals surface area contributed by atoms with E-state index < -0.39 is 23.8 Å². The Morgan fingerprint density at radius 2 is 1.45 bits per heavy atom. The minimum Gasteiger partial charge on any atom is -0.439 e. The lowest BCUT2D eigenvalue weighted by Gasteiger charge is -2.42. The quantitative estimate of drug-likeness (QED) is 0.717. The molecule has 2 aromatic carbocycles. The van der Waals surface area contributed by atoms with Gasteiger partial charge in [-0.1, -0.05) is 64.1 Å². The first-order chi connectivity index (χ1) is 14.7. The van der Waals surface area contributed by atoms with Gasteiger partial charge in [-0.25, -0.2) is 4.79 Å². The smallest absolute Gasteiger partial charge is 0.336 e. The summed E-state index contributed by atoms with van der Waals surface area (Å²) in [5.41, 5.74) is -0.403. The SMILES string of the molecule is CC(C)[C@@H](NC(=O)c1ccccc1)[C@]1(C)C(=O)O[C@@H](C(C)C)N1C(=O)c1ccccc1. The molecule has 3 atom stereocenters. The van der Waals surface area contributed by atoms with Crippen molar-refractivity contribution in [2.45, 2.75) is 52.4 Å². The van der Waals surface area contributed by atoms with Gasteiger partial charge in [-0.2, -0.15) is 0 Å². The molecule has 0 saturated carbocycles. The average Bonchev–Trinajstić information content (AvgIpc) is 3.04. The number of rotatable bonds is 6. The molecule has 2 aromatic rings. The first kappa shape index (κ1) is 22.5. The predicted octanol–water partition coefficient (Wildman–Crippen LogP) is 3.88. The first-order valence-corrected chi connectivity index (χ1v) is 10.6. The molecule has 1 aliphatic rings. The molecule has 1 heterocycles. The van der Waals surface area contributed by atoms with Crippen LogP contribution < -0.4 is 5.32 Å². The second kappa shape index (κ2) is 8.92. The summed E-state index contributed by atoms with van der Waals surface area (Å²) in [7, 11) is 0. The van der Waals surface area contributed by atoms with Crippen LogP contribution >= 0.6 is 0 Å². The summed E-state index contributed by atoms with van der Waals surface area (Å²) in [4.78, 5) is 41.3. The van der Waals surface area contributed by atoms with Gasteiger partial charge in [0, 0.05) is 17.0 Å². The van der Waals surface area contributed by atoms with Gasteiger partial charge >= 0.3 is 5.97 Å². The van der Waals surface area contributed by atoms with Gasteiger partial charge in [0.2, 0.25) is 0 Å². The maximum absolute atomic E-state index is 13.6. The average molecular weight is 423 g/mol. The summed E-state index contributed by atoms with van der Waals surface area (Å²) >= 11 is 0. The second-order valence-corrected chi connectivity index (χ2v) is 8.79. The molecule has 0 radical (unpaired) electrons. The number of nitrogens with one attached hydrogen (secondary N) is 1. The molecule has 6 heteroatoms. The van der Waals surface area contributed by atoms with Gasteiger partial charge in [-0.15, -0.1) is 0 Å². The lowest BCUT2D eigenvalue weighted by Crippen LogP contribution is -2.65. The number of carbonyl (C=O) groups excluding carboxylic acids is 3. The molecule has 164 valence electrons. The molecule has 0 aromatic heterocycles. The van der Waals surface area contributed by atoms with E-state index in [-0.39, 0.29) is 23.7 Å². The Labute approximate surface area is 183 Å². The highest BCUT2D eigenvalue weighted by Gasteiger charge is 2.60. The summed E-state index contributed by atoms with van der Waals surface area (Å²) in [5.74, 6) is -1.36. The zero-order valence-electron chi connectivity index (χ0n) is 18.7. The fourth-order valence-corrected chi connectivity index (χ4v) is 4.17. The molecule has 6 nitrogen and oxygen atoms in total. The third kappa shape index (κ3) is 4.20. The maximum Gasteiger partial charge on any atom is 0.336 e. The Morgan fingerprint density at radius 1 is 0.935 bits per heavy atom. The van der Waals surface area contributed by atoms with Crippen molar-refractivity contribution < 1.29 is 19.1 Å². The molecule has 3 rings (SSSR count). The van der Waals surface area contributed by atoms with Crippen LogP contribution in [0.5, 0.6) is 0 Å². The summed E-state index contributed by atoms with van der Waals surface area (Å²) in [6, 6.07) is 17.0. The molecule has 1 fully saturated rings. The number of hydrogen-bond acceptors (Lipinski definition) is 4. The normalized spacial score (nSPS) is 21.8. The summed E-state index contributed by atoms with van der Waals surface area (Å²) in [6.07, 6.45) is -0.722. The molecular formula is C25H30N2O4. The Kier molecular flexibility index (Phi) is 6.48. The molecule has 0 unspecified atom stereocenters. The van der Waals surface area contributed by atoms with Crippen molar-refractivity contribution in [2.24, 2.45) is 11.8 Å². The van der Waals surface area contributed by atoms with Crippen molar-refractivity contribution in [3.05, 3.63) is 71.8 Å². The van der Waals surface area contributed by atoms with Gasteiger partial charge in [0.05, 0.1) is 6.04 Å². The largest absolute Gasteiger partial charge is 0.439 e. The van der Waals surface area contributed by atoms with Crippen molar-refractivity contribution >= 4 is 17.8 Å². The van der Waals surface area contributed by atoms with E-state index in [1.165, 1.54) is 4.90 Å². The van der Waals surface area contributed by atoms with E-state index in [4.69, 9.17) is 4.74 Å².